The number of nitrogens with one attached hydrogen (secondary N) is 1. The SMILES string of the molecule is CC.CC.CC.CC(C)N1CC(O)C(F)(F)C1.CCN1CC(NC(=O)OC(C)(C)C)C(F)(F)C1. The Morgan fingerprint density at radius 3 is 1.74 bits per heavy atom. The summed E-state index contributed by atoms with van der Waals surface area (Å²) in [4.78, 5) is 14.6. The summed E-state index contributed by atoms with van der Waals surface area (Å²) in [5, 5.41) is 11.1. The minimum atomic E-state index is -2.91. The molecule has 10 heteroatoms. The van der Waals surface area contributed by atoms with Crippen LogP contribution in [0.15, 0.2) is 0 Å². The lowest BCUT2D eigenvalue weighted by atomic mass is 10.2. The van der Waals surface area contributed by atoms with Crippen LogP contribution in [0.25, 0.3) is 0 Å². The van der Waals surface area contributed by atoms with Gasteiger partial charge in [0.2, 0.25) is 0 Å². The van der Waals surface area contributed by atoms with Gasteiger partial charge in [0.15, 0.2) is 0 Å². The van der Waals surface area contributed by atoms with Gasteiger partial charge in [0.1, 0.15) is 17.7 Å². The molecule has 0 saturated carbocycles. The number of aliphatic hydroxyl groups excluding tert-OH is 1. The van der Waals surface area contributed by atoms with Gasteiger partial charge in [-0.05, 0) is 41.2 Å². The molecule has 2 unspecified atom stereocenters. The molecule has 0 aromatic carbocycles. The fourth-order valence-corrected chi connectivity index (χ4v) is 2.90. The third-order valence-corrected chi connectivity index (χ3v) is 4.56. The molecule has 34 heavy (non-hydrogen) atoms. The Morgan fingerprint density at radius 2 is 1.47 bits per heavy atom. The van der Waals surface area contributed by atoms with Gasteiger partial charge < -0.3 is 15.2 Å². The molecule has 2 saturated heterocycles. The Bertz CT molecular complexity index is 530. The van der Waals surface area contributed by atoms with Gasteiger partial charge in [-0.3, -0.25) is 9.80 Å². The number of likely N-dealkylation sites (tertiary alicyclic amines) is 2. The molecule has 0 radical (unpaired) electrons. The maximum absolute atomic E-state index is 13.5. The van der Waals surface area contributed by atoms with E-state index in [0.29, 0.717) is 6.54 Å². The average Bonchev–Trinajstić information content (AvgIpc) is 3.19. The summed E-state index contributed by atoms with van der Waals surface area (Å²) in [7, 11) is 0. The zero-order valence-electron chi connectivity index (χ0n) is 23.4. The van der Waals surface area contributed by atoms with Crippen molar-refractivity contribution < 1.29 is 32.2 Å². The molecule has 2 aliphatic rings. The highest BCUT2D eigenvalue weighted by Gasteiger charge is 2.49. The van der Waals surface area contributed by atoms with Gasteiger partial charge in [-0.25, -0.2) is 22.4 Å². The Kier molecular flexibility index (Phi) is 19.1. The number of hydrogen-bond donors (Lipinski definition) is 2. The first-order valence-electron chi connectivity index (χ1n) is 12.5. The number of ether oxygens (including phenoxy) is 1. The zero-order valence-corrected chi connectivity index (χ0v) is 23.4. The number of rotatable bonds is 3. The fraction of sp³-hybridized carbons (Fsp3) is 0.958. The molecular formula is C24H51F4N3O3. The smallest absolute Gasteiger partial charge is 0.408 e. The summed E-state index contributed by atoms with van der Waals surface area (Å²) < 4.78 is 57.3. The second-order valence-electron chi connectivity index (χ2n) is 8.59. The van der Waals surface area contributed by atoms with E-state index in [-0.39, 0.29) is 32.2 Å². The number of aliphatic hydroxyl groups is 1. The van der Waals surface area contributed by atoms with Crippen molar-refractivity contribution in [2.75, 3.05) is 32.7 Å². The van der Waals surface area contributed by atoms with Crippen molar-refractivity contribution in [3.63, 3.8) is 0 Å². The first-order chi connectivity index (χ1) is 15.6. The standard InChI is InChI=1S/C11H20F2N2O2.C7H13F2NO.3C2H6/c1-5-15-6-8(11(12,13)7-15)14-9(16)17-10(2,3)4;1-5(2)10-3-6(11)7(8,9)4-10;3*1-2/h8H,5-7H2,1-4H3,(H,14,16);5-6,11H,3-4H2,1-2H3;3*1-2H3. The van der Waals surface area contributed by atoms with Gasteiger partial charge in [-0.1, -0.05) is 48.5 Å². The van der Waals surface area contributed by atoms with E-state index in [4.69, 9.17) is 9.84 Å². The molecule has 208 valence electrons. The highest BCUT2D eigenvalue weighted by Crippen LogP contribution is 2.29. The van der Waals surface area contributed by atoms with Crippen LogP contribution in [0.3, 0.4) is 0 Å². The lowest BCUT2D eigenvalue weighted by Crippen LogP contribution is -2.48. The number of alkyl carbamates (subject to hydrolysis) is 1. The number of likely N-dealkylation sites (N-methyl/N-ethyl adjacent to an activating group) is 1. The molecule has 2 N–H and O–H groups in total. The lowest BCUT2D eigenvalue weighted by molar-refractivity contribution is -0.0734. The summed E-state index contributed by atoms with van der Waals surface area (Å²) in [6.07, 6.45) is -2.27. The Hall–Kier alpha value is -1.13. The van der Waals surface area contributed by atoms with Gasteiger partial charge in [-0.15, -0.1) is 0 Å². The first-order valence-corrected chi connectivity index (χ1v) is 12.5. The van der Waals surface area contributed by atoms with Crippen LogP contribution in [-0.4, -0.2) is 89.4 Å². The van der Waals surface area contributed by atoms with Crippen LogP contribution < -0.4 is 5.32 Å². The molecule has 2 aliphatic heterocycles. The van der Waals surface area contributed by atoms with Gasteiger partial charge in [0.25, 0.3) is 11.8 Å². The van der Waals surface area contributed by atoms with Gasteiger partial charge in [0.05, 0.1) is 13.1 Å². The maximum atomic E-state index is 13.5. The normalized spacial score (nSPS) is 23.1. The van der Waals surface area contributed by atoms with Crippen molar-refractivity contribution in [3.05, 3.63) is 0 Å². The van der Waals surface area contributed by atoms with Crippen LogP contribution >= 0.6 is 0 Å². The van der Waals surface area contributed by atoms with Crippen LogP contribution in [0.2, 0.25) is 0 Å². The number of hydrogen-bond acceptors (Lipinski definition) is 5. The van der Waals surface area contributed by atoms with Gasteiger partial charge in [-0.2, -0.15) is 0 Å². The largest absolute Gasteiger partial charge is 0.444 e. The maximum Gasteiger partial charge on any atom is 0.408 e. The summed E-state index contributed by atoms with van der Waals surface area (Å²) in [6, 6.07) is -1.09. The summed E-state index contributed by atoms with van der Waals surface area (Å²) in [5.41, 5.74) is -0.678. The van der Waals surface area contributed by atoms with Crippen molar-refractivity contribution in [2.24, 2.45) is 0 Å². The molecule has 0 aromatic heterocycles. The third-order valence-electron chi connectivity index (χ3n) is 4.56. The summed E-state index contributed by atoms with van der Waals surface area (Å²) >= 11 is 0. The van der Waals surface area contributed by atoms with E-state index < -0.39 is 35.7 Å². The number of nitrogens with zero attached hydrogens (tertiary/aromatic N) is 2. The number of amides is 1. The second kappa shape index (κ2) is 17.3. The van der Waals surface area contributed by atoms with E-state index in [1.54, 1.807) is 30.6 Å². The molecule has 1 amide bonds. The van der Waals surface area contributed by atoms with E-state index in [9.17, 15) is 22.4 Å². The molecule has 2 rings (SSSR count). The van der Waals surface area contributed by atoms with Crippen LogP contribution in [-0.2, 0) is 4.74 Å². The molecule has 0 aromatic rings. The monoisotopic (exact) mass is 505 g/mol. The minimum Gasteiger partial charge on any atom is -0.444 e. The lowest BCUT2D eigenvalue weighted by Gasteiger charge is -2.23. The Labute approximate surface area is 205 Å². The van der Waals surface area contributed by atoms with E-state index in [2.05, 4.69) is 5.32 Å². The second-order valence-corrected chi connectivity index (χ2v) is 8.59. The van der Waals surface area contributed by atoms with Crippen LogP contribution in [0.5, 0.6) is 0 Å². The third kappa shape index (κ3) is 14.3. The predicted molar refractivity (Wildman–Crippen MR) is 132 cm³/mol. The molecule has 6 nitrogen and oxygen atoms in total. The molecule has 2 atom stereocenters. The molecule has 0 bridgehead atoms. The number of carbonyl (C=O) groups excluding carboxylic acids is 1. The van der Waals surface area contributed by atoms with Crippen LogP contribution in [0.1, 0.15) is 83.1 Å². The van der Waals surface area contributed by atoms with E-state index in [1.165, 1.54) is 0 Å². The van der Waals surface area contributed by atoms with Crippen molar-refractivity contribution in [1.82, 2.24) is 15.1 Å². The molecule has 2 heterocycles. The summed E-state index contributed by atoms with van der Waals surface area (Å²) in [5.74, 6) is -5.81. The summed E-state index contributed by atoms with van der Waals surface area (Å²) in [6.45, 7) is 22.7. The minimum absolute atomic E-state index is 0.0815. The number of halogens is 4. The van der Waals surface area contributed by atoms with Crippen molar-refractivity contribution in [3.8, 4) is 0 Å². The van der Waals surface area contributed by atoms with Crippen LogP contribution in [0, 0.1) is 0 Å². The molecule has 0 aliphatic carbocycles. The number of carbonyl (C=O) groups is 1. The number of alkyl halides is 4. The van der Waals surface area contributed by atoms with E-state index >= 15 is 0 Å². The van der Waals surface area contributed by atoms with E-state index in [1.807, 2.05) is 62.3 Å². The predicted octanol–water partition coefficient (Wildman–Crippen LogP) is 5.64. The van der Waals surface area contributed by atoms with Gasteiger partial charge in [0, 0.05) is 19.1 Å². The topological polar surface area (TPSA) is 65.0 Å². The molecule has 0 spiro atoms. The molecular weight excluding hydrogens is 454 g/mol. The fourth-order valence-electron chi connectivity index (χ4n) is 2.90. The highest BCUT2D eigenvalue weighted by molar-refractivity contribution is 5.68. The van der Waals surface area contributed by atoms with E-state index in [0.717, 1.165) is 0 Å². The molecule has 2 fully saturated rings. The highest BCUT2D eigenvalue weighted by atomic mass is 19.3. The van der Waals surface area contributed by atoms with Crippen molar-refractivity contribution in [2.45, 2.75) is 119 Å². The Balaban J connectivity index is -0.000000487. The van der Waals surface area contributed by atoms with Crippen molar-refractivity contribution in [1.29, 1.82) is 0 Å². The first kappa shape index (κ1) is 37.4. The van der Waals surface area contributed by atoms with Crippen LogP contribution in [0.4, 0.5) is 22.4 Å². The van der Waals surface area contributed by atoms with Gasteiger partial charge >= 0.3 is 6.09 Å². The van der Waals surface area contributed by atoms with Crippen molar-refractivity contribution >= 4 is 6.09 Å². The quantitative estimate of drug-likeness (QED) is 0.486. The zero-order chi connectivity index (χ0) is 27.9. The number of β-amino-alcohol motifs (C(OH)–C–C–N with tert-alkyl or cyclic N) is 1. The average molecular weight is 506 g/mol. The Morgan fingerprint density at radius 1 is 1.00 bits per heavy atom.